The van der Waals surface area contributed by atoms with Gasteiger partial charge < -0.3 is 10.1 Å². The second kappa shape index (κ2) is 8.71. The summed E-state index contributed by atoms with van der Waals surface area (Å²) in [6.45, 7) is 2.47. The molecular formula is C22H20N2O3S2. The minimum atomic E-state index is -0.133. The molecule has 7 heteroatoms. The molecule has 29 heavy (non-hydrogen) atoms. The predicted octanol–water partition coefficient (Wildman–Crippen LogP) is 5.18. The van der Waals surface area contributed by atoms with E-state index in [1.54, 1.807) is 22.7 Å². The van der Waals surface area contributed by atoms with E-state index in [4.69, 9.17) is 4.74 Å². The fourth-order valence-electron chi connectivity index (χ4n) is 3.20. The zero-order chi connectivity index (χ0) is 20.2. The number of thiophene rings is 1. The summed E-state index contributed by atoms with van der Waals surface area (Å²) in [6, 6.07) is 18.9. The van der Waals surface area contributed by atoms with Crippen LogP contribution < -0.4 is 15.0 Å². The van der Waals surface area contributed by atoms with E-state index in [0.29, 0.717) is 23.0 Å². The zero-order valence-electron chi connectivity index (χ0n) is 15.8. The van der Waals surface area contributed by atoms with Crippen LogP contribution in [-0.2, 0) is 4.79 Å². The number of hydrogen-bond acceptors (Lipinski definition) is 5. The van der Waals surface area contributed by atoms with Crippen molar-refractivity contribution < 1.29 is 14.3 Å². The number of para-hydroxylation sites is 2. The Morgan fingerprint density at radius 2 is 1.93 bits per heavy atom. The van der Waals surface area contributed by atoms with Crippen molar-refractivity contribution in [3.8, 4) is 5.75 Å². The highest BCUT2D eigenvalue weighted by Gasteiger charge is 2.35. The van der Waals surface area contributed by atoms with Crippen LogP contribution in [0.5, 0.6) is 5.75 Å². The van der Waals surface area contributed by atoms with Gasteiger partial charge in [-0.2, -0.15) is 0 Å². The maximum Gasteiger partial charge on any atom is 0.265 e. The minimum absolute atomic E-state index is 0.0576. The lowest BCUT2D eigenvalue weighted by molar-refractivity contribution is -0.115. The van der Waals surface area contributed by atoms with Crippen molar-refractivity contribution in [2.75, 3.05) is 22.6 Å². The molecule has 1 saturated heterocycles. The minimum Gasteiger partial charge on any atom is -0.492 e. The van der Waals surface area contributed by atoms with Crippen molar-refractivity contribution in [2.45, 2.75) is 12.3 Å². The topological polar surface area (TPSA) is 58.6 Å². The summed E-state index contributed by atoms with van der Waals surface area (Å²) < 4.78 is 5.73. The normalized spacial score (nSPS) is 16.1. The molecule has 3 aromatic rings. The second-order valence-electron chi connectivity index (χ2n) is 6.38. The van der Waals surface area contributed by atoms with Crippen LogP contribution in [0.15, 0.2) is 66.0 Å². The molecule has 2 heterocycles. The van der Waals surface area contributed by atoms with E-state index in [0.717, 1.165) is 16.9 Å². The molecule has 1 aliphatic heterocycles. The molecular weight excluding hydrogens is 404 g/mol. The summed E-state index contributed by atoms with van der Waals surface area (Å²) in [4.78, 5) is 27.3. The predicted molar refractivity (Wildman–Crippen MR) is 119 cm³/mol. The van der Waals surface area contributed by atoms with Gasteiger partial charge in [0.25, 0.3) is 5.91 Å². The Hall–Kier alpha value is -2.77. The summed E-state index contributed by atoms with van der Waals surface area (Å²) >= 11 is 2.99. The Balaban J connectivity index is 1.56. The highest BCUT2D eigenvalue weighted by atomic mass is 32.2. The molecule has 0 radical (unpaired) electrons. The summed E-state index contributed by atoms with van der Waals surface area (Å²) in [7, 11) is 0. The fourth-order valence-corrected chi connectivity index (χ4v) is 4.98. The van der Waals surface area contributed by atoms with Gasteiger partial charge in [0.2, 0.25) is 5.91 Å². The fraction of sp³-hybridized carbons (Fsp3) is 0.182. The first-order chi connectivity index (χ1) is 14.2. The smallest absolute Gasteiger partial charge is 0.265 e. The number of amides is 2. The average Bonchev–Trinajstić information content (AvgIpc) is 3.40. The maximum atomic E-state index is 12.7. The number of carbonyl (C=O) groups excluding carboxylic acids is 2. The lowest BCUT2D eigenvalue weighted by atomic mass is 10.1. The number of nitrogens with zero attached hydrogens (tertiary/aromatic N) is 1. The van der Waals surface area contributed by atoms with Crippen LogP contribution in [0.3, 0.4) is 0 Å². The second-order valence-corrected chi connectivity index (χ2v) is 8.40. The molecule has 1 unspecified atom stereocenters. The molecule has 0 spiro atoms. The van der Waals surface area contributed by atoms with Gasteiger partial charge in [-0.3, -0.25) is 14.5 Å². The third kappa shape index (κ3) is 4.16. The first-order valence-electron chi connectivity index (χ1n) is 9.27. The average molecular weight is 425 g/mol. The molecule has 4 rings (SSSR count). The van der Waals surface area contributed by atoms with E-state index in [-0.39, 0.29) is 17.2 Å². The number of benzene rings is 2. The standard InChI is InChI=1S/C22H20N2O3S2/c1-2-27-18-7-4-3-6-17(18)24-20(25)14-29-22(24)15-9-11-16(12-10-15)23-21(26)19-8-5-13-28-19/h3-13,22H,2,14H2,1H3,(H,23,26). The van der Waals surface area contributed by atoms with Gasteiger partial charge in [-0.05, 0) is 48.2 Å². The highest BCUT2D eigenvalue weighted by Crippen LogP contribution is 2.44. The van der Waals surface area contributed by atoms with Crippen molar-refractivity contribution in [3.05, 3.63) is 76.5 Å². The number of nitrogens with one attached hydrogen (secondary N) is 1. The van der Waals surface area contributed by atoms with E-state index >= 15 is 0 Å². The van der Waals surface area contributed by atoms with Gasteiger partial charge in [0, 0.05) is 5.69 Å². The lowest BCUT2D eigenvalue weighted by Crippen LogP contribution is -2.28. The molecule has 0 saturated carbocycles. The van der Waals surface area contributed by atoms with Gasteiger partial charge in [0.1, 0.15) is 11.1 Å². The van der Waals surface area contributed by atoms with E-state index < -0.39 is 0 Å². The number of hydrogen-bond donors (Lipinski definition) is 1. The summed E-state index contributed by atoms with van der Waals surface area (Å²) in [6.07, 6.45) is 0. The number of ether oxygens (including phenoxy) is 1. The monoisotopic (exact) mass is 424 g/mol. The van der Waals surface area contributed by atoms with E-state index in [1.165, 1.54) is 11.3 Å². The highest BCUT2D eigenvalue weighted by molar-refractivity contribution is 8.00. The Morgan fingerprint density at radius 1 is 1.14 bits per heavy atom. The van der Waals surface area contributed by atoms with Crippen molar-refractivity contribution in [1.29, 1.82) is 0 Å². The molecule has 2 aromatic carbocycles. The van der Waals surface area contributed by atoms with Gasteiger partial charge in [-0.1, -0.05) is 30.3 Å². The Morgan fingerprint density at radius 3 is 2.66 bits per heavy atom. The zero-order valence-corrected chi connectivity index (χ0v) is 17.5. The Labute approximate surface area is 177 Å². The van der Waals surface area contributed by atoms with Gasteiger partial charge in [0.15, 0.2) is 0 Å². The molecule has 1 atom stereocenters. The van der Waals surface area contributed by atoms with Gasteiger partial charge in [0.05, 0.1) is 22.9 Å². The molecule has 148 valence electrons. The van der Waals surface area contributed by atoms with Crippen LogP contribution in [0.1, 0.15) is 27.5 Å². The van der Waals surface area contributed by atoms with Crippen LogP contribution in [0, 0.1) is 0 Å². The van der Waals surface area contributed by atoms with Gasteiger partial charge in [-0.15, -0.1) is 23.1 Å². The first-order valence-corrected chi connectivity index (χ1v) is 11.2. The van der Waals surface area contributed by atoms with E-state index in [2.05, 4.69) is 5.32 Å². The molecule has 1 aromatic heterocycles. The molecule has 0 bridgehead atoms. The third-order valence-electron chi connectivity index (χ3n) is 4.49. The SMILES string of the molecule is CCOc1ccccc1N1C(=O)CSC1c1ccc(NC(=O)c2cccs2)cc1. The van der Waals surface area contributed by atoms with Gasteiger partial charge in [-0.25, -0.2) is 0 Å². The number of anilines is 2. The lowest BCUT2D eigenvalue weighted by Gasteiger charge is -2.26. The molecule has 5 nitrogen and oxygen atoms in total. The molecule has 0 aliphatic carbocycles. The summed E-state index contributed by atoms with van der Waals surface area (Å²) in [5.74, 6) is 1.06. The van der Waals surface area contributed by atoms with Crippen LogP contribution in [0.4, 0.5) is 11.4 Å². The van der Waals surface area contributed by atoms with Crippen molar-refractivity contribution in [2.24, 2.45) is 0 Å². The van der Waals surface area contributed by atoms with E-state index in [1.807, 2.05) is 66.9 Å². The Kier molecular flexibility index (Phi) is 5.87. The van der Waals surface area contributed by atoms with Crippen molar-refractivity contribution in [1.82, 2.24) is 0 Å². The maximum absolute atomic E-state index is 12.7. The number of carbonyl (C=O) groups is 2. The van der Waals surface area contributed by atoms with Crippen LogP contribution >= 0.6 is 23.1 Å². The van der Waals surface area contributed by atoms with Crippen molar-refractivity contribution >= 4 is 46.3 Å². The van der Waals surface area contributed by atoms with Crippen LogP contribution in [0.25, 0.3) is 0 Å². The van der Waals surface area contributed by atoms with Crippen LogP contribution in [-0.4, -0.2) is 24.2 Å². The third-order valence-corrected chi connectivity index (χ3v) is 6.57. The molecule has 1 aliphatic rings. The summed E-state index contributed by atoms with van der Waals surface area (Å²) in [5.41, 5.74) is 2.51. The summed E-state index contributed by atoms with van der Waals surface area (Å²) in [5, 5.41) is 4.65. The number of thioether (sulfide) groups is 1. The quantitative estimate of drug-likeness (QED) is 0.592. The van der Waals surface area contributed by atoms with Crippen LogP contribution in [0.2, 0.25) is 0 Å². The molecule has 1 N–H and O–H groups in total. The van der Waals surface area contributed by atoms with Gasteiger partial charge >= 0.3 is 0 Å². The Bertz CT molecular complexity index is 1000. The first kappa shape index (κ1) is 19.5. The molecule has 2 amide bonds. The van der Waals surface area contributed by atoms with E-state index in [9.17, 15) is 9.59 Å². The van der Waals surface area contributed by atoms with Crippen molar-refractivity contribution in [3.63, 3.8) is 0 Å². The largest absolute Gasteiger partial charge is 0.492 e. The molecule has 1 fully saturated rings. The number of rotatable bonds is 6.